The molecule has 0 heterocycles. The van der Waals surface area contributed by atoms with Crippen LogP contribution in [0.25, 0.3) is 0 Å². The van der Waals surface area contributed by atoms with Crippen molar-refractivity contribution in [1.82, 2.24) is 0 Å². The lowest BCUT2D eigenvalue weighted by atomic mass is 10.1. The maximum atomic E-state index is 11.2. The van der Waals surface area contributed by atoms with Gasteiger partial charge in [0.2, 0.25) is 0 Å². The van der Waals surface area contributed by atoms with Crippen LogP contribution in [0, 0.1) is 0 Å². The third-order valence-electron chi connectivity index (χ3n) is 1.80. The van der Waals surface area contributed by atoms with E-state index in [1.165, 1.54) is 0 Å². The molecule has 0 radical (unpaired) electrons. The first-order chi connectivity index (χ1) is 8.02. The van der Waals surface area contributed by atoms with Gasteiger partial charge in [0.15, 0.2) is 5.03 Å². The zero-order chi connectivity index (χ0) is 12.8. The van der Waals surface area contributed by atoms with Crippen molar-refractivity contribution in [1.29, 1.82) is 0 Å². The summed E-state index contributed by atoms with van der Waals surface area (Å²) in [4.78, 5) is 15.8. The Kier molecular flexibility index (Phi) is 5.48. The minimum absolute atomic E-state index is 0.357. The van der Waals surface area contributed by atoms with E-state index in [1.54, 1.807) is 6.92 Å². The molecule has 0 amide bonds. The van der Waals surface area contributed by atoms with Gasteiger partial charge in [0, 0.05) is 0 Å². The lowest BCUT2D eigenvalue weighted by Gasteiger charge is -2.00. The summed E-state index contributed by atoms with van der Waals surface area (Å²) in [5.74, 6) is -0.901. The summed E-state index contributed by atoms with van der Waals surface area (Å²) in [6.45, 7) is 1.70. The standard InChI is InChI=1S/C11H8Cl3NO2/c1-7(8-5-3-2-4-6-8)15-17-11(16)9(12)10(13)14/h2-6H,1H3/b15-7+. The molecular formula is C11H8Cl3NO2. The number of carbonyl (C=O) groups is 1. The molecule has 1 aromatic rings. The van der Waals surface area contributed by atoms with Gasteiger partial charge in [0.1, 0.15) is 4.49 Å². The fraction of sp³-hybridized carbons (Fsp3) is 0.0909. The number of rotatable bonds is 3. The van der Waals surface area contributed by atoms with Crippen molar-refractivity contribution < 1.29 is 9.63 Å². The molecule has 90 valence electrons. The minimum Gasteiger partial charge on any atom is -0.311 e. The third-order valence-corrected chi connectivity index (χ3v) is 2.72. The van der Waals surface area contributed by atoms with Crippen LogP contribution >= 0.6 is 34.8 Å². The van der Waals surface area contributed by atoms with E-state index in [4.69, 9.17) is 34.8 Å². The van der Waals surface area contributed by atoms with E-state index in [0.717, 1.165) is 5.56 Å². The SMILES string of the molecule is C/C(=N\OC(=O)C(Cl)=C(Cl)Cl)c1ccccc1. The van der Waals surface area contributed by atoms with Gasteiger partial charge in [0.05, 0.1) is 5.71 Å². The predicted molar refractivity (Wildman–Crippen MR) is 69.3 cm³/mol. The number of hydrogen-bond donors (Lipinski definition) is 0. The summed E-state index contributed by atoms with van der Waals surface area (Å²) < 4.78 is -0.357. The minimum atomic E-state index is -0.901. The van der Waals surface area contributed by atoms with Crippen molar-refractivity contribution in [2.24, 2.45) is 5.16 Å². The van der Waals surface area contributed by atoms with Gasteiger partial charge in [-0.1, -0.05) is 70.3 Å². The molecule has 0 atom stereocenters. The molecule has 1 rings (SSSR count). The van der Waals surface area contributed by atoms with Crippen LogP contribution in [0.5, 0.6) is 0 Å². The van der Waals surface area contributed by atoms with E-state index in [9.17, 15) is 4.79 Å². The van der Waals surface area contributed by atoms with Gasteiger partial charge in [0.25, 0.3) is 0 Å². The largest absolute Gasteiger partial charge is 0.379 e. The zero-order valence-corrected chi connectivity index (χ0v) is 11.1. The predicted octanol–water partition coefficient (Wildman–Crippen LogP) is 3.84. The molecule has 0 aromatic heterocycles. The number of oxime groups is 1. The van der Waals surface area contributed by atoms with Gasteiger partial charge in [-0.05, 0) is 12.5 Å². The highest BCUT2D eigenvalue weighted by Crippen LogP contribution is 2.19. The van der Waals surface area contributed by atoms with Crippen molar-refractivity contribution in [3.63, 3.8) is 0 Å². The number of benzene rings is 1. The van der Waals surface area contributed by atoms with Crippen LogP contribution in [0.3, 0.4) is 0 Å². The topological polar surface area (TPSA) is 38.7 Å². The fourth-order valence-electron chi connectivity index (χ4n) is 0.959. The van der Waals surface area contributed by atoms with E-state index < -0.39 is 11.0 Å². The van der Waals surface area contributed by atoms with Crippen LogP contribution in [0.1, 0.15) is 12.5 Å². The highest BCUT2D eigenvalue weighted by molar-refractivity contribution is 6.62. The average Bonchev–Trinajstić information content (AvgIpc) is 2.35. The molecule has 0 saturated heterocycles. The van der Waals surface area contributed by atoms with E-state index in [1.807, 2.05) is 30.3 Å². The van der Waals surface area contributed by atoms with Gasteiger partial charge in [-0.2, -0.15) is 0 Å². The third kappa shape index (κ3) is 4.38. The molecule has 17 heavy (non-hydrogen) atoms. The van der Waals surface area contributed by atoms with Gasteiger partial charge < -0.3 is 4.84 Å². The molecule has 0 bridgehead atoms. The van der Waals surface area contributed by atoms with Gasteiger partial charge in [-0.3, -0.25) is 0 Å². The van der Waals surface area contributed by atoms with Crippen molar-refractivity contribution in [2.45, 2.75) is 6.92 Å². The van der Waals surface area contributed by atoms with Crippen LogP contribution in [-0.2, 0) is 9.63 Å². The Morgan fingerprint density at radius 3 is 2.29 bits per heavy atom. The normalized spacial score (nSPS) is 10.9. The Morgan fingerprint density at radius 1 is 1.18 bits per heavy atom. The number of carbonyl (C=O) groups excluding carboxylic acids is 1. The Bertz CT molecular complexity index is 465. The molecule has 6 heteroatoms. The maximum Gasteiger partial charge on any atom is 0.379 e. The molecular weight excluding hydrogens is 284 g/mol. The molecule has 0 aliphatic carbocycles. The van der Waals surface area contributed by atoms with Crippen molar-refractivity contribution in [3.05, 3.63) is 45.4 Å². The zero-order valence-electron chi connectivity index (χ0n) is 8.78. The second-order valence-corrected chi connectivity index (χ2v) is 4.32. The second kappa shape index (κ2) is 6.64. The Morgan fingerprint density at radius 2 is 1.76 bits per heavy atom. The highest BCUT2D eigenvalue weighted by atomic mass is 35.5. The fourth-order valence-corrected chi connectivity index (χ4v) is 1.15. The number of halogens is 3. The summed E-state index contributed by atoms with van der Waals surface area (Å²) in [6.07, 6.45) is 0. The summed E-state index contributed by atoms with van der Waals surface area (Å²) in [7, 11) is 0. The lowest BCUT2D eigenvalue weighted by Crippen LogP contribution is -2.03. The summed E-state index contributed by atoms with van der Waals surface area (Å²) in [5, 5.41) is 3.22. The average molecular weight is 293 g/mol. The van der Waals surface area contributed by atoms with E-state index in [2.05, 4.69) is 9.99 Å². The Hall–Kier alpha value is -1.03. The first-order valence-electron chi connectivity index (χ1n) is 4.54. The highest BCUT2D eigenvalue weighted by Gasteiger charge is 2.12. The van der Waals surface area contributed by atoms with E-state index >= 15 is 0 Å². The van der Waals surface area contributed by atoms with Crippen molar-refractivity contribution >= 4 is 46.5 Å². The molecule has 3 nitrogen and oxygen atoms in total. The monoisotopic (exact) mass is 291 g/mol. The number of hydrogen-bond acceptors (Lipinski definition) is 3. The first kappa shape index (κ1) is 14.0. The molecule has 0 spiro atoms. The molecule has 0 saturated carbocycles. The molecule has 0 aliphatic heterocycles. The van der Waals surface area contributed by atoms with Gasteiger partial charge >= 0.3 is 5.97 Å². The molecule has 0 aliphatic rings. The van der Waals surface area contributed by atoms with Gasteiger partial charge in [-0.15, -0.1) is 0 Å². The smallest absolute Gasteiger partial charge is 0.311 e. The molecule has 0 fully saturated rings. The Labute approximate surface area is 114 Å². The second-order valence-electron chi connectivity index (χ2n) is 3.00. The first-order valence-corrected chi connectivity index (χ1v) is 5.68. The van der Waals surface area contributed by atoms with Crippen LogP contribution in [-0.4, -0.2) is 11.7 Å². The summed E-state index contributed by atoms with van der Waals surface area (Å²) >= 11 is 16.1. The molecule has 0 unspecified atom stereocenters. The lowest BCUT2D eigenvalue weighted by molar-refractivity contribution is -0.138. The van der Waals surface area contributed by atoms with Crippen molar-refractivity contribution in [2.75, 3.05) is 0 Å². The van der Waals surface area contributed by atoms with Gasteiger partial charge in [-0.25, -0.2) is 4.79 Å². The quantitative estimate of drug-likeness (QED) is 0.367. The van der Waals surface area contributed by atoms with E-state index in [-0.39, 0.29) is 4.49 Å². The van der Waals surface area contributed by atoms with Crippen LogP contribution in [0.4, 0.5) is 0 Å². The van der Waals surface area contributed by atoms with Crippen LogP contribution in [0.15, 0.2) is 45.0 Å². The van der Waals surface area contributed by atoms with Crippen LogP contribution < -0.4 is 0 Å². The Balaban J connectivity index is 2.73. The summed E-state index contributed by atoms with van der Waals surface area (Å²) in [6, 6.07) is 9.23. The van der Waals surface area contributed by atoms with Crippen molar-refractivity contribution in [3.8, 4) is 0 Å². The maximum absolute atomic E-state index is 11.2. The summed E-state index contributed by atoms with van der Waals surface area (Å²) in [5.41, 5.74) is 1.37. The van der Waals surface area contributed by atoms with Crippen LogP contribution in [0.2, 0.25) is 0 Å². The number of nitrogens with zero attached hydrogens (tertiary/aromatic N) is 1. The molecule has 0 N–H and O–H groups in total. The van der Waals surface area contributed by atoms with E-state index in [0.29, 0.717) is 5.71 Å². The molecule has 1 aromatic carbocycles.